The molecule has 0 saturated heterocycles. The lowest BCUT2D eigenvalue weighted by molar-refractivity contribution is 0.102. The van der Waals surface area contributed by atoms with Gasteiger partial charge < -0.3 is 10.4 Å². The van der Waals surface area contributed by atoms with Gasteiger partial charge in [0.15, 0.2) is 0 Å². The molecule has 0 atom stereocenters. The Morgan fingerprint density at radius 3 is 2.81 bits per heavy atom. The van der Waals surface area contributed by atoms with Crippen LogP contribution in [0.15, 0.2) is 54.9 Å². The molecule has 3 rings (SSSR count). The van der Waals surface area contributed by atoms with Gasteiger partial charge in [-0.05, 0) is 48.2 Å². The first-order chi connectivity index (χ1) is 10.1. The second-order valence-corrected chi connectivity index (χ2v) is 4.91. The molecule has 4 heteroatoms. The van der Waals surface area contributed by atoms with E-state index in [4.69, 9.17) is 0 Å². The van der Waals surface area contributed by atoms with E-state index in [1.807, 2.05) is 19.1 Å². The number of fused-ring (bicyclic) bond motifs is 1. The number of rotatable bonds is 2. The van der Waals surface area contributed by atoms with Crippen molar-refractivity contribution < 1.29 is 9.90 Å². The average Bonchev–Trinajstić information content (AvgIpc) is 2.50. The maximum Gasteiger partial charge on any atom is 0.255 e. The zero-order chi connectivity index (χ0) is 14.8. The van der Waals surface area contributed by atoms with Crippen LogP contribution >= 0.6 is 0 Å². The lowest BCUT2D eigenvalue weighted by atomic mass is 10.1. The van der Waals surface area contributed by atoms with Gasteiger partial charge in [-0.25, -0.2) is 0 Å². The summed E-state index contributed by atoms with van der Waals surface area (Å²) >= 11 is 0. The fraction of sp³-hybridized carbons (Fsp3) is 0.0588. The molecule has 3 aromatic rings. The number of pyridine rings is 1. The topological polar surface area (TPSA) is 62.2 Å². The number of amides is 1. The predicted molar refractivity (Wildman–Crippen MR) is 82.5 cm³/mol. The largest absolute Gasteiger partial charge is 0.506 e. The zero-order valence-electron chi connectivity index (χ0n) is 11.5. The zero-order valence-corrected chi connectivity index (χ0v) is 11.5. The summed E-state index contributed by atoms with van der Waals surface area (Å²) in [5.74, 6) is -0.200. The Hall–Kier alpha value is -2.88. The Kier molecular flexibility index (Phi) is 3.28. The quantitative estimate of drug-likeness (QED) is 0.705. The fourth-order valence-electron chi connectivity index (χ4n) is 2.17. The van der Waals surface area contributed by atoms with Crippen LogP contribution in [0.2, 0.25) is 0 Å². The summed E-state index contributed by atoms with van der Waals surface area (Å²) < 4.78 is 0. The van der Waals surface area contributed by atoms with Crippen LogP contribution in [0.5, 0.6) is 5.75 Å². The van der Waals surface area contributed by atoms with Gasteiger partial charge >= 0.3 is 0 Å². The molecule has 0 unspecified atom stereocenters. The molecule has 0 saturated carbocycles. The van der Waals surface area contributed by atoms with Gasteiger partial charge in [0.25, 0.3) is 5.91 Å². The van der Waals surface area contributed by atoms with Gasteiger partial charge in [-0.3, -0.25) is 9.78 Å². The molecule has 1 aromatic heterocycles. The molecule has 1 heterocycles. The third-order valence-corrected chi connectivity index (χ3v) is 3.30. The number of phenols is 1. The molecule has 0 radical (unpaired) electrons. The molecule has 2 aromatic carbocycles. The first-order valence-electron chi connectivity index (χ1n) is 6.58. The summed E-state index contributed by atoms with van der Waals surface area (Å²) in [6.07, 6.45) is 3.44. The Morgan fingerprint density at radius 1 is 1.10 bits per heavy atom. The van der Waals surface area contributed by atoms with E-state index in [-0.39, 0.29) is 11.7 Å². The number of aryl methyl sites for hydroxylation is 1. The van der Waals surface area contributed by atoms with Gasteiger partial charge in [0.1, 0.15) is 5.75 Å². The van der Waals surface area contributed by atoms with Gasteiger partial charge in [0.2, 0.25) is 0 Å². The minimum absolute atomic E-state index is 0.0546. The molecule has 0 spiro atoms. The predicted octanol–water partition coefficient (Wildman–Crippen LogP) is 3.50. The number of phenolic OH excluding ortho intramolecular Hbond substituents is 1. The normalized spacial score (nSPS) is 10.5. The van der Waals surface area contributed by atoms with Crippen LogP contribution in [0.25, 0.3) is 10.8 Å². The number of anilines is 1. The molecule has 0 aliphatic heterocycles. The molecule has 104 valence electrons. The first kappa shape index (κ1) is 13.1. The molecule has 0 bridgehead atoms. The number of hydrogen-bond acceptors (Lipinski definition) is 3. The van der Waals surface area contributed by atoms with E-state index >= 15 is 0 Å². The van der Waals surface area contributed by atoms with Crippen molar-refractivity contribution in [2.45, 2.75) is 6.92 Å². The number of nitrogens with zero attached hydrogens (tertiary/aromatic N) is 1. The number of carbonyl (C=O) groups is 1. The Labute approximate surface area is 122 Å². The second-order valence-electron chi connectivity index (χ2n) is 4.91. The van der Waals surface area contributed by atoms with E-state index in [0.717, 1.165) is 16.3 Å². The first-order valence-corrected chi connectivity index (χ1v) is 6.58. The summed E-state index contributed by atoms with van der Waals surface area (Å²) in [6.45, 7) is 1.90. The second kappa shape index (κ2) is 5.25. The van der Waals surface area contributed by atoms with Crippen molar-refractivity contribution in [3.05, 3.63) is 66.0 Å². The summed E-state index contributed by atoms with van der Waals surface area (Å²) in [5, 5.41) is 14.4. The average molecular weight is 278 g/mol. The van der Waals surface area contributed by atoms with Gasteiger partial charge in [0, 0.05) is 23.3 Å². The molecule has 1 amide bonds. The number of hydrogen-bond donors (Lipinski definition) is 2. The lowest BCUT2D eigenvalue weighted by Gasteiger charge is -2.09. The van der Waals surface area contributed by atoms with Crippen LogP contribution in [0.3, 0.4) is 0 Å². The Bertz CT molecular complexity index is 828. The van der Waals surface area contributed by atoms with E-state index in [2.05, 4.69) is 10.3 Å². The van der Waals surface area contributed by atoms with Crippen molar-refractivity contribution >= 4 is 22.4 Å². The van der Waals surface area contributed by atoms with Crippen molar-refractivity contribution in [1.82, 2.24) is 4.98 Å². The van der Waals surface area contributed by atoms with Crippen molar-refractivity contribution in [2.24, 2.45) is 0 Å². The highest BCUT2D eigenvalue weighted by atomic mass is 16.3. The Morgan fingerprint density at radius 2 is 1.95 bits per heavy atom. The van der Waals surface area contributed by atoms with E-state index in [1.165, 1.54) is 0 Å². The smallest absolute Gasteiger partial charge is 0.255 e. The van der Waals surface area contributed by atoms with Crippen LogP contribution < -0.4 is 5.32 Å². The van der Waals surface area contributed by atoms with Crippen LogP contribution in [0, 0.1) is 6.92 Å². The van der Waals surface area contributed by atoms with Crippen LogP contribution in [0.1, 0.15) is 15.9 Å². The van der Waals surface area contributed by atoms with E-state index in [1.54, 1.807) is 42.7 Å². The van der Waals surface area contributed by atoms with Crippen LogP contribution in [-0.2, 0) is 0 Å². The monoisotopic (exact) mass is 278 g/mol. The Balaban J connectivity index is 1.91. The van der Waals surface area contributed by atoms with Gasteiger partial charge in [-0.2, -0.15) is 0 Å². The summed E-state index contributed by atoms with van der Waals surface area (Å²) in [7, 11) is 0. The lowest BCUT2D eigenvalue weighted by Crippen LogP contribution is -2.12. The molecule has 2 N–H and O–H groups in total. The third kappa shape index (κ3) is 2.69. The van der Waals surface area contributed by atoms with Crippen molar-refractivity contribution in [3.8, 4) is 5.75 Å². The fourth-order valence-corrected chi connectivity index (χ4v) is 2.17. The minimum Gasteiger partial charge on any atom is -0.506 e. The summed E-state index contributed by atoms with van der Waals surface area (Å²) in [5.41, 5.74) is 1.91. The van der Waals surface area contributed by atoms with Crippen molar-refractivity contribution in [3.63, 3.8) is 0 Å². The number of aromatic nitrogens is 1. The molecule has 0 fully saturated rings. The number of benzene rings is 2. The molecular formula is C17H14N2O2. The molecule has 21 heavy (non-hydrogen) atoms. The van der Waals surface area contributed by atoms with Crippen LogP contribution in [0.4, 0.5) is 5.69 Å². The molecule has 0 aliphatic carbocycles. The van der Waals surface area contributed by atoms with Crippen molar-refractivity contribution in [2.75, 3.05) is 5.32 Å². The molecule has 4 nitrogen and oxygen atoms in total. The molecular weight excluding hydrogens is 264 g/mol. The minimum atomic E-state index is -0.255. The van der Waals surface area contributed by atoms with E-state index < -0.39 is 0 Å². The number of aromatic hydroxyl groups is 1. The van der Waals surface area contributed by atoms with Gasteiger partial charge in [-0.1, -0.05) is 12.1 Å². The van der Waals surface area contributed by atoms with Crippen molar-refractivity contribution in [1.29, 1.82) is 0 Å². The van der Waals surface area contributed by atoms with E-state index in [0.29, 0.717) is 11.3 Å². The molecule has 0 aliphatic rings. The standard InChI is InChI=1S/C17H14N2O2/c1-11-2-5-16(20)15(8-11)19-17(21)13-3-4-14-10-18-7-6-12(14)9-13/h2-10,20H,1H3,(H,19,21). The number of nitrogens with one attached hydrogen (secondary N) is 1. The number of carbonyl (C=O) groups excluding carboxylic acids is 1. The SMILES string of the molecule is Cc1ccc(O)c(NC(=O)c2ccc3cnccc3c2)c1. The summed E-state index contributed by atoms with van der Waals surface area (Å²) in [4.78, 5) is 16.3. The highest BCUT2D eigenvalue weighted by molar-refractivity contribution is 6.07. The highest BCUT2D eigenvalue weighted by Gasteiger charge is 2.09. The van der Waals surface area contributed by atoms with Gasteiger partial charge in [0.05, 0.1) is 5.69 Å². The van der Waals surface area contributed by atoms with Crippen LogP contribution in [-0.4, -0.2) is 16.0 Å². The van der Waals surface area contributed by atoms with Gasteiger partial charge in [-0.15, -0.1) is 0 Å². The maximum absolute atomic E-state index is 12.3. The highest BCUT2D eigenvalue weighted by Crippen LogP contribution is 2.25. The summed E-state index contributed by atoms with van der Waals surface area (Å²) in [6, 6.07) is 12.3. The third-order valence-electron chi connectivity index (χ3n) is 3.30. The maximum atomic E-state index is 12.3. The van der Waals surface area contributed by atoms with E-state index in [9.17, 15) is 9.90 Å².